The molecule has 2 atom stereocenters. The Morgan fingerprint density at radius 3 is 1.56 bits per heavy atom. The first-order valence-electron chi connectivity index (χ1n) is 16.3. The van der Waals surface area contributed by atoms with E-state index < -0.39 is 82.3 Å². The Morgan fingerprint density at radius 1 is 0.649 bits per heavy atom. The van der Waals surface area contributed by atoms with Gasteiger partial charge in [0.25, 0.3) is 0 Å². The molecule has 0 unspecified atom stereocenters. The summed E-state index contributed by atoms with van der Waals surface area (Å²) >= 11 is 2.21. The number of nitrogens with one attached hydrogen (secondary N) is 4. The van der Waals surface area contributed by atoms with Crippen LogP contribution in [-0.2, 0) is 32.6 Å². The van der Waals surface area contributed by atoms with E-state index in [2.05, 4.69) is 24.5 Å². The molecular weight excluding hydrogens is 817 g/mol. The molecule has 6 aromatic rings. The number of amides is 6. The summed E-state index contributed by atoms with van der Waals surface area (Å²) in [6, 6.07) is 7.85. The number of nitrogens with zero attached hydrogens (tertiary/aromatic N) is 6. The van der Waals surface area contributed by atoms with Crippen LogP contribution in [0.3, 0.4) is 0 Å². The standard InChI is InChI=1S/C34H28F4N10O6S3/c1-47(23-3-5-29-25(15-23)41-45-55-29)31(49)27(11-17-7-19(35)13-20(36)8-17)39-33(51)40-34(52)44-57(53,54)43-28(12-18-9-21(37)14-22(38)10-18)32(50)48(2)24-4-6-30-26(16-24)42-46-56-30/h3-10,13-16,27-28,43H,11-12H2,1-2H3,(H3,39,40,44,51,52)/t27-,28-/m0/s1. The van der Waals surface area contributed by atoms with Crippen LogP contribution in [-0.4, -0.2) is 77.6 Å². The molecule has 57 heavy (non-hydrogen) atoms. The number of fused-ring (bicyclic) bond motifs is 2. The van der Waals surface area contributed by atoms with E-state index in [0.717, 1.165) is 61.8 Å². The van der Waals surface area contributed by atoms with Crippen LogP contribution in [0.5, 0.6) is 0 Å². The lowest BCUT2D eigenvalue weighted by Gasteiger charge is -2.25. The number of halogens is 4. The van der Waals surface area contributed by atoms with Gasteiger partial charge in [0.05, 0.1) is 9.40 Å². The lowest BCUT2D eigenvalue weighted by Crippen LogP contribution is -2.57. The molecule has 6 amide bonds. The van der Waals surface area contributed by atoms with Crippen LogP contribution in [0, 0.1) is 23.3 Å². The Balaban J connectivity index is 1.17. The summed E-state index contributed by atoms with van der Waals surface area (Å²) in [4.78, 5) is 55.5. The van der Waals surface area contributed by atoms with Crippen molar-refractivity contribution in [3.05, 3.63) is 107 Å². The van der Waals surface area contributed by atoms with Crippen molar-refractivity contribution in [2.75, 3.05) is 23.9 Å². The average Bonchev–Trinajstić information content (AvgIpc) is 3.81. The Bertz CT molecular complexity index is 2590. The highest BCUT2D eigenvalue weighted by Crippen LogP contribution is 2.25. The SMILES string of the molecule is CN(C(=O)[C@H](Cc1cc(F)cc(F)c1)NC(=O)NC(=O)NS(=O)(=O)N[C@@H](Cc1cc(F)cc(F)c1)C(=O)N(C)c1ccc2snnc2c1)c1ccc2snnc2c1. The number of urea groups is 2. The van der Waals surface area contributed by atoms with Crippen LogP contribution in [0.15, 0.2) is 72.8 Å². The average molecular weight is 845 g/mol. The fourth-order valence-electron chi connectivity index (χ4n) is 5.65. The molecule has 0 aliphatic rings. The zero-order valence-corrected chi connectivity index (χ0v) is 31.8. The van der Waals surface area contributed by atoms with E-state index in [1.165, 1.54) is 31.0 Å². The number of anilines is 2. The van der Waals surface area contributed by atoms with E-state index in [9.17, 15) is 45.2 Å². The van der Waals surface area contributed by atoms with Crippen molar-refractivity contribution in [1.82, 2.24) is 39.3 Å². The summed E-state index contributed by atoms with van der Waals surface area (Å²) < 4.78 is 95.3. The monoisotopic (exact) mass is 844 g/mol. The van der Waals surface area contributed by atoms with Gasteiger partial charge in [-0.2, -0.15) is 13.1 Å². The van der Waals surface area contributed by atoms with Crippen LogP contribution < -0.4 is 29.9 Å². The van der Waals surface area contributed by atoms with Crippen LogP contribution in [0.4, 0.5) is 38.5 Å². The number of aromatic nitrogens is 4. The summed E-state index contributed by atoms with van der Waals surface area (Å²) in [6.45, 7) is 0. The van der Waals surface area contributed by atoms with E-state index >= 15 is 0 Å². The summed E-state index contributed by atoms with van der Waals surface area (Å²) in [7, 11) is -2.37. The molecule has 16 nitrogen and oxygen atoms in total. The zero-order valence-electron chi connectivity index (χ0n) is 29.4. The number of benzene rings is 4. The minimum absolute atomic E-state index is 0.0445. The zero-order chi connectivity index (χ0) is 41.0. The van der Waals surface area contributed by atoms with Crippen molar-refractivity contribution in [2.45, 2.75) is 24.9 Å². The van der Waals surface area contributed by atoms with Crippen LogP contribution in [0.2, 0.25) is 0 Å². The van der Waals surface area contributed by atoms with E-state index in [1.54, 1.807) is 29.6 Å². The Labute approximate surface area is 328 Å². The maximum atomic E-state index is 14.1. The molecule has 2 heterocycles. The fourth-order valence-corrected chi connectivity index (χ4v) is 7.64. The molecule has 2 aromatic heterocycles. The van der Waals surface area contributed by atoms with Crippen molar-refractivity contribution >= 4 is 89.0 Å². The minimum Gasteiger partial charge on any atom is -0.326 e. The Morgan fingerprint density at radius 2 is 1.09 bits per heavy atom. The number of imide groups is 1. The third-order valence-corrected chi connectivity index (χ3v) is 10.7. The van der Waals surface area contributed by atoms with Crippen LogP contribution >= 0.6 is 23.1 Å². The third-order valence-electron chi connectivity index (χ3n) is 8.27. The number of rotatable bonds is 12. The summed E-state index contributed by atoms with van der Waals surface area (Å²) in [6.07, 6.45) is -1.07. The maximum Gasteiger partial charge on any atom is 0.337 e. The van der Waals surface area contributed by atoms with Gasteiger partial charge < -0.3 is 15.1 Å². The highest BCUT2D eigenvalue weighted by molar-refractivity contribution is 7.88. The number of carbonyl (C=O) groups excluding carboxylic acids is 4. The van der Waals surface area contributed by atoms with Crippen molar-refractivity contribution in [1.29, 1.82) is 0 Å². The first kappa shape index (κ1) is 40.5. The van der Waals surface area contributed by atoms with Crippen LogP contribution in [0.25, 0.3) is 20.4 Å². The highest BCUT2D eigenvalue weighted by Gasteiger charge is 2.31. The Hall–Kier alpha value is -6.17. The van der Waals surface area contributed by atoms with Gasteiger partial charge in [-0.25, -0.2) is 31.9 Å². The molecule has 6 rings (SSSR count). The molecule has 0 radical (unpaired) electrons. The normalized spacial score (nSPS) is 12.5. The number of likely N-dealkylation sites (N-methyl/N-ethyl adjacent to an activating group) is 2. The lowest BCUT2D eigenvalue weighted by atomic mass is 10.0. The fraction of sp³-hybridized carbons (Fsp3) is 0.176. The van der Waals surface area contributed by atoms with Gasteiger partial charge in [0.15, 0.2) is 0 Å². The number of carbonyl (C=O) groups is 4. The van der Waals surface area contributed by atoms with Gasteiger partial charge in [0, 0.05) is 44.0 Å². The maximum absolute atomic E-state index is 14.1. The molecule has 0 saturated heterocycles. The first-order chi connectivity index (χ1) is 27.0. The molecule has 4 N–H and O–H groups in total. The second-order valence-electron chi connectivity index (χ2n) is 12.4. The van der Waals surface area contributed by atoms with Gasteiger partial charge in [-0.15, -0.1) is 10.2 Å². The van der Waals surface area contributed by atoms with Crippen molar-refractivity contribution in [3.8, 4) is 0 Å². The third kappa shape index (κ3) is 10.2. The molecular formula is C34H28F4N10O6S3. The van der Waals surface area contributed by atoms with E-state index in [-0.39, 0.29) is 16.8 Å². The van der Waals surface area contributed by atoms with Gasteiger partial charge in [0.2, 0.25) is 11.8 Å². The van der Waals surface area contributed by atoms with E-state index in [1.807, 2.05) is 4.72 Å². The molecule has 0 bridgehead atoms. The van der Waals surface area contributed by atoms with Crippen LogP contribution in [0.1, 0.15) is 11.1 Å². The molecule has 0 aliphatic heterocycles. The van der Waals surface area contributed by atoms with Gasteiger partial charge >= 0.3 is 22.3 Å². The van der Waals surface area contributed by atoms with E-state index in [4.69, 9.17) is 0 Å². The van der Waals surface area contributed by atoms with Gasteiger partial charge in [-0.3, -0.25) is 14.9 Å². The molecule has 0 saturated carbocycles. The van der Waals surface area contributed by atoms with E-state index in [0.29, 0.717) is 33.6 Å². The second-order valence-corrected chi connectivity index (χ2v) is 15.4. The van der Waals surface area contributed by atoms with Crippen molar-refractivity contribution in [3.63, 3.8) is 0 Å². The molecule has 4 aromatic carbocycles. The van der Waals surface area contributed by atoms with Crippen molar-refractivity contribution < 1.29 is 45.2 Å². The summed E-state index contributed by atoms with van der Waals surface area (Å²) in [5.74, 6) is -5.65. The first-order valence-corrected chi connectivity index (χ1v) is 19.4. The molecule has 0 spiro atoms. The van der Waals surface area contributed by atoms with Crippen molar-refractivity contribution in [2.24, 2.45) is 0 Å². The number of hydrogen-bond donors (Lipinski definition) is 4. The molecule has 23 heteroatoms. The smallest absolute Gasteiger partial charge is 0.326 e. The summed E-state index contributed by atoms with van der Waals surface area (Å²) in [5, 5.41) is 11.8. The second kappa shape index (κ2) is 16.9. The Kier molecular flexibility index (Phi) is 12.0. The predicted molar refractivity (Wildman–Crippen MR) is 202 cm³/mol. The summed E-state index contributed by atoms with van der Waals surface area (Å²) in [5.41, 5.74) is 1.31. The molecule has 0 fully saturated rings. The number of hydrogen-bond acceptors (Lipinski definition) is 12. The van der Waals surface area contributed by atoms with Gasteiger partial charge in [0.1, 0.15) is 46.4 Å². The van der Waals surface area contributed by atoms with Gasteiger partial charge in [-0.1, -0.05) is 8.98 Å². The predicted octanol–water partition coefficient (Wildman–Crippen LogP) is 3.94. The minimum atomic E-state index is -5.03. The topological polar surface area (TPSA) is 209 Å². The quantitative estimate of drug-likeness (QED) is 0.131. The molecule has 0 aliphatic carbocycles. The molecule has 296 valence electrons. The highest BCUT2D eigenvalue weighted by atomic mass is 32.2. The largest absolute Gasteiger partial charge is 0.337 e. The van der Waals surface area contributed by atoms with Gasteiger partial charge in [-0.05, 0) is 101 Å². The lowest BCUT2D eigenvalue weighted by molar-refractivity contribution is -0.120.